The Morgan fingerprint density at radius 3 is 2.73 bits per heavy atom. The number of carboxylic acids is 1. The zero-order valence-corrected chi connectivity index (χ0v) is 15.6. The maximum atomic E-state index is 12.0. The Morgan fingerprint density at radius 1 is 1.23 bits per heavy atom. The number of nitrogens with zero attached hydrogens (tertiary/aromatic N) is 1. The van der Waals surface area contributed by atoms with Gasteiger partial charge in [-0.15, -0.1) is 11.3 Å². The number of fused-ring (bicyclic) bond motifs is 1. The summed E-state index contributed by atoms with van der Waals surface area (Å²) in [6.07, 6.45) is 0. The van der Waals surface area contributed by atoms with Gasteiger partial charge in [-0.1, -0.05) is 23.4 Å². The molecule has 1 heterocycles. The van der Waals surface area contributed by atoms with Crippen LogP contribution in [-0.2, 0) is 9.59 Å². The number of anilines is 1. The van der Waals surface area contributed by atoms with Crippen LogP contribution >= 0.6 is 34.7 Å². The monoisotopic (exact) mass is 407 g/mol. The average Bonchev–Trinajstić information content (AvgIpc) is 3.02. The second-order valence-corrected chi connectivity index (χ2v) is 7.80. The highest BCUT2D eigenvalue weighted by molar-refractivity contribution is 8.01. The summed E-state index contributed by atoms with van der Waals surface area (Å²) in [6, 6.07) is 12.0. The Hall–Kier alpha value is -2.29. The number of hydrogen-bond donors (Lipinski definition) is 1. The minimum absolute atomic E-state index is 0.130. The smallest absolute Gasteiger partial charge is 0.262 e. The first-order valence-electron chi connectivity index (χ1n) is 7.41. The highest BCUT2D eigenvalue weighted by Gasteiger charge is 2.08. The number of thioether (sulfide) groups is 1. The molecular weight excluding hydrogens is 396 g/mol. The molecule has 0 bridgehead atoms. The number of amides is 1. The van der Waals surface area contributed by atoms with Gasteiger partial charge >= 0.3 is 0 Å². The minimum atomic E-state index is -1.14. The van der Waals surface area contributed by atoms with Gasteiger partial charge < -0.3 is 20.0 Å². The van der Waals surface area contributed by atoms with Gasteiger partial charge in [0.15, 0.2) is 10.9 Å². The summed E-state index contributed by atoms with van der Waals surface area (Å²) in [4.78, 5) is 26.9. The van der Waals surface area contributed by atoms with Crippen molar-refractivity contribution >= 4 is 62.5 Å². The normalized spacial score (nSPS) is 10.7. The lowest BCUT2D eigenvalue weighted by molar-refractivity contribution is -0.301. The van der Waals surface area contributed by atoms with Crippen LogP contribution in [0.4, 0.5) is 5.69 Å². The zero-order valence-electron chi connectivity index (χ0n) is 13.2. The van der Waals surface area contributed by atoms with Gasteiger partial charge in [0.2, 0.25) is 0 Å². The molecule has 0 aliphatic carbocycles. The van der Waals surface area contributed by atoms with Crippen LogP contribution in [-0.4, -0.2) is 29.2 Å². The van der Waals surface area contributed by atoms with Crippen LogP contribution in [0.25, 0.3) is 10.2 Å². The molecule has 3 aromatic rings. The van der Waals surface area contributed by atoms with Crippen molar-refractivity contribution in [2.24, 2.45) is 0 Å². The predicted octanol–water partition coefficient (Wildman–Crippen LogP) is 2.81. The van der Waals surface area contributed by atoms with E-state index < -0.39 is 5.97 Å². The highest BCUT2D eigenvalue weighted by Crippen LogP contribution is 2.31. The number of halogens is 1. The molecule has 1 N–H and O–H groups in total. The third-order valence-electron chi connectivity index (χ3n) is 3.15. The number of hydrogen-bond acceptors (Lipinski definition) is 7. The van der Waals surface area contributed by atoms with E-state index in [9.17, 15) is 14.7 Å². The minimum Gasteiger partial charge on any atom is -0.549 e. The molecule has 0 saturated carbocycles. The zero-order chi connectivity index (χ0) is 18.5. The van der Waals surface area contributed by atoms with Crippen LogP contribution < -0.4 is 15.2 Å². The van der Waals surface area contributed by atoms with Crippen LogP contribution in [0.5, 0.6) is 5.75 Å². The number of rotatable bonds is 7. The van der Waals surface area contributed by atoms with Gasteiger partial charge in [0.05, 0.1) is 16.2 Å². The van der Waals surface area contributed by atoms with Crippen LogP contribution in [0.15, 0.2) is 46.8 Å². The molecule has 2 aromatic carbocycles. The quantitative estimate of drug-likeness (QED) is 0.605. The topological polar surface area (TPSA) is 91.4 Å². The summed E-state index contributed by atoms with van der Waals surface area (Å²) >= 11 is 8.26. The molecule has 0 saturated heterocycles. The Labute approximate surface area is 162 Å². The molecule has 0 atom stereocenters. The van der Waals surface area contributed by atoms with Crippen LogP contribution in [0.1, 0.15) is 0 Å². The summed E-state index contributed by atoms with van der Waals surface area (Å²) in [7, 11) is 0. The van der Waals surface area contributed by atoms with Gasteiger partial charge in [-0.25, -0.2) is 4.98 Å². The van der Waals surface area contributed by atoms with E-state index in [2.05, 4.69) is 10.3 Å². The summed E-state index contributed by atoms with van der Waals surface area (Å²) in [5.74, 6) is -1.03. The van der Waals surface area contributed by atoms with Crippen molar-refractivity contribution in [3.63, 3.8) is 0 Å². The third-order valence-corrected chi connectivity index (χ3v) is 5.54. The van der Waals surface area contributed by atoms with E-state index in [0.29, 0.717) is 20.8 Å². The lowest BCUT2D eigenvalue weighted by Crippen LogP contribution is -2.24. The second kappa shape index (κ2) is 8.39. The summed E-state index contributed by atoms with van der Waals surface area (Å²) < 4.78 is 6.88. The van der Waals surface area contributed by atoms with E-state index in [1.54, 1.807) is 42.5 Å². The largest absolute Gasteiger partial charge is 0.549 e. The van der Waals surface area contributed by atoms with Crippen LogP contribution in [0.3, 0.4) is 0 Å². The maximum absolute atomic E-state index is 12.0. The van der Waals surface area contributed by atoms with Gasteiger partial charge in [-0.2, -0.15) is 0 Å². The van der Waals surface area contributed by atoms with Gasteiger partial charge in [-0.3, -0.25) is 4.79 Å². The predicted molar refractivity (Wildman–Crippen MR) is 101 cm³/mol. The number of ether oxygens (including phenoxy) is 1. The Kier molecular flexibility index (Phi) is 5.97. The van der Waals surface area contributed by atoms with Gasteiger partial charge in [0, 0.05) is 16.5 Å². The Balaban J connectivity index is 1.59. The van der Waals surface area contributed by atoms with E-state index in [0.717, 1.165) is 22.0 Å². The van der Waals surface area contributed by atoms with E-state index in [-0.39, 0.29) is 18.3 Å². The second-order valence-electron chi connectivity index (χ2n) is 5.11. The van der Waals surface area contributed by atoms with Gasteiger partial charge in [-0.05, 0) is 42.5 Å². The Morgan fingerprint density at radius 2 is 2.00 bits per heavy atom. The fourth-order valence-corrected chi connectivity index (χ4v) is 3.99. The molecule has 0 fully saturated rings. The maximum Gasteiger partial charge on any atom is 0.262 e. The van der Waals surface area contributed by atoms with E-state index in [1.165, 1.54) is 11.3 Å². The first-order chi connectivity index (χ1) is 12.5. The van der Waals surface area contributed by atoms with Crippen molar-refractivity contribution in [3.8, 4) is 5.75 Å². The lowest BCUT2D eigenvalue weighted by atomic mass is 10.3. The van der Waals surface area contributed by atoms with Gasteiger partial charge in [0.1, 0.15) is 5.75 Å². The molecule has 0 spiro atoms. The summed E-state index contributed by atoms with van der Waals surface area (Å²) in [6.45, 7) is -0.130. The van der Waals surface area contributed by atoms with Crippen molar-refractivity contribution < 1.29 is 19.4 Å². The first kappa shape index (κ1) is 18.5. The Bertz CT molecular complexity index is 944. The molecule has 0 aliphatic heterocycles. The molecule has 0 radical (unpaired) electrons. The summed E-state index contributed by atoms with van der Waals surface area (Å²) in [5, 5.41) is 13.9. The molecule has 1 amide bonds. The molecule has 3 rings (SSSR count). The first-order valence-corrected chi connectivity index (χ1v) is 9.59. The molecule has 26 heavy (non-hydrogen) atoms. The SMILES string of the molecule is O=C([O-])CSc1nc2ccc(NC(=O)COc3ccc(Cl)cc3)cc2s1. The van der Waals surface area contributed by atoms with Crippen LogP contribution in [0, 0.1) is 0 Å². The number of benzene rings is 2. The van der Waals surface area contributed by atoms with Crippen molar-refractivity contribution in [1.82, 2.24) is 4.98 Å². The van der Waals surface area contributed by atoms with Crippen molar-refractivity contribution in [2.75, 3.05) is 17.7 Å². The summed E-state index contributed by atoms with van der Waals surface area (Å²) in [5.41, 5.74) is 1.36. The van der Waals surface area contributed by atoms with E-state index in [1.807, 2.05) is 0 Å². The van der Waals surface area contributed by atoms with Gasteiger partial charge in [0.25, 0.3) is 5.91 Å². The number of carbonyl (C=O) groups excluding carboxylic acids is 2. The molecule has 6 nitrogen and oxygen atoms in total. The number of carboxylic acid groups (broad SMARTS) is 1. The van der Waals surface area contributed by atoms with E-state index >= 15 is 0 Å². The van der Waals surface area contributed by atoms with Crippen molar-refractivity contribution in [2.45, 2.75) is 4.34 Å². The van der Waals surface area contributed by atoms with Crippen molar-refractivity contribution in [3.05, 3.63) is 47.5 Å². The number of aliphatic carboxylic acids is 1. The average molecular weight is 408 g/mol. The third kappa shape index (κ3) is 5.10. The number of aromatic nitrogens is 1. The molecule has 0 unspecified atom stereocenters. The molecule has 9 heteroatoms. The fraction of sp³-hybridized carbons (Fsp3) is 0.118. The van der Waals surface area contributed by atoms with E-state index in [4.69, 9.17) is 16.3 Å². The molecule has 1 aromatic heterocycles. The van der Waals surface area contributed by atoms with Crippen molar-refractivity contribution in [1.29, 1.82) is 0 Å². The molecular formula is C17H12ClN2O4S2-. The van der Waals surface area contributed by atoms with Crippen LogP contribution in [0.2, 0.25) is 5.02 Å². The number of thiazole rings is 1. The standard InChI is InChI=1S/C17H13ClN2O4S2/c18-10-1-4-12(5-2-10)24-8-15(21)19-11-3-6-13-14(7-11)26-17(20-13)25-9-16(22)23/h1-7H,8-9H2,(H,19,21)(H,22,23)/p-1. The number of nitrogens with one attached hydrogen (secondary N) is 1. The fourth-order valence-electron chi connectivity index (χ4n) is 2.04. The highest BCUT2D eigenvalue weighted by atomic mass is 35.5. The number of carbonyl (C=O) groups is 2. The molecule has 134 valence electrons. The lowest BCUT2D eigenvalue weighted by Gasteiger charge is -2.07. The molecule has 0 aliphatic rings.